The Morgan fingerprint density at radius 3 is 2.86 bits per heavy atom. The quantitative estimate of drug-likeness (QED) is 0.818. The number of rotatable bonds is 6. The van der Waals surface area contributed by atoms with Gasteiger partial charge in [0, 0.05) is 17.5 Å². The Morgan fingerprint density at radius 2 is 2.29 bits per heavy atom. The third-order valence-corrected chi connectivity index (χ3v) is 5.05. The van der Waals surface area contributed by atoms with Crippen molar-refractivity contribution in [1.82, 2.24) is 19.2 Å². The minimum atomic E-state index is -0.0720. The van der Waals surface area contributed by atoms with Gasteiger partial charge in [-0.05, 0) is 44.2 Å². The number of aliphatic hydroxyl groups is 1. The highest BCUT2D eigenvalue weighted by Crippen LogP contribution is 2.36. The predicted molar refractivity (Wildman–Crippen MR) is 86.0 cm³/mol. The van der Waals surface area contributed by atoms with E-state index in [4.69, 9.17) is 23.8 Å². The smallest absolute Gasteiger partial charge is 0.199 e. The van der Waals surface area contributed by atoms with Crippen LogP contribution in [0.5, 0.6) is 0 Å². The van der Waals surface area contributed by atoms with Gasteiger partial charge in [-0.1, -0.05) is 11.6 Å². The van der Waals surface area contributed by atoms with Gasteiger partial charge in [0.15, 0.2) is 10.6 Å². The van der Waals surface area contributed by atoms with Gasteiger partial charge in [-0.3, -0.25) is 9.47 Å². The Balaban J connectivity index is 1.73. The zero-order valence-electron chi connectivity index (χ0n) is 11.7. The van der Waals surface area contributed by atoms with Crippen LogP contribution in [0.1, 0.15) is 29.6 Å². The Morgan fingerprint density at radius 1 is 1.52 bits per heavy atom. The third kappa shape index (κ3) is 3.37. The lowest BCUT2D eigenvalue weighted by atomic mass is 10.4. The molecule has 8 heteroatoms. The molecule has 0 aliphatic heterocycles. The molecule has 3 rings (SSSR count). The SMILES string of the molecule is CN(Cc1ccc(Cl)s1)Cn1nc(CO)n(C2CC2)c1=S. The van der Waals surface area contributed by atoms with Crippen LogP contribution < -0.4 is 0 Å². The van der Waals surface area contributed by atoms with Crippen LogP contribution in [-0.4, -0.2) is 31.4 Å². The Bertz CT molecular complexity index is 689. The van der Waals surface area contributed by atoms with Gasteiger partial charge in [0.05, 0.1) is 11.0 Å². The molecule has 2 aromatic rings. The van der Waals surface area contributed by atoms with Crippen molar-refractivity contribution in [2.24, 2.45) is 0 Å². The first-order valence-electron chi connectivity index (χ1n) is 6.80. The summed E-state index contributed by atoms with van der Waals surface area (Å²) in [6, 6.07) is 4.37. The van der Waals surface area contributed by atoms with Gasteiger partial charge in [-0.2, -0.15) is 5.10 Å². The van der Waals surface area contributed by atoms with Crippen molar-refractivity contribution in [2.75, 3.05) is 7.05 Å². The van der Waals surface area contributed by atoms with Crippen LogP contribution >= 0.6 is 35.2 Å². The fourth-order valence-corrected chi connectivity index (χ4v) is 3.87. The fraction of sp³-hybridized carbons (Fsp3) is 0.538. The molecule has 0 aromatic carbocycles. The van der Waals surface area contributed by atoms with E-state index in [1.54, 1.807) is 16.0 Å². The molecule has 1 aliphatic rings. The fourth-order valence-electron chi connectivity index (χ4n) is 2.35. The molecule has 114 valence electrons. The van der Waals surface area contributed by atoms with Crippen LogP contribution in [0, 0.1) is 4.77 Å². The largest absolute Gasteiger partial charge is 0.388 e. The monoisotopic (exact) mass is 344 g/mol. The van der Waals surface area contributed by atoms with E-state index >= 15 is 0 Å². The number of aliphatic hydroxyl groups excluding tert-OH is 1. The lowest BCUT2D eigenvalue weighted by Gasteiger charge is -2.15. The summed E-state index contributed by atoms with van der Waals surface area (Å²) in [5.74, 6) is 0.662. The minimum absolute atomic E-state index is 0.0720. The van der Waals surface area contributed by atoms with Gasteiger partial charge < -0.3 is 5.11 Å². The van der Waals surface area contributed by atoms with Crippen LogP contribution in [-0.2, 0) is 19.8 Å². The maximum atomic E-state index is 9.44. The summed E-state index contributed by atoms with van der Waals surface area (Å²) >= 11 is 13.0. The molecular weight excluding hydrogens is 328 g/mol. The summed E-state index contributed by atoms with van der Waals surface area (Å²) < 4.78 is 5.27. The van der Waals surface area contributed by atoms with Crippen molar-refractivity contribution < 1.29 is 5.11 Å². The van der Waals surface area contributed by atoms with Gasteiger partial charge in [0.1, 0.15) is 6.61 Å². The first-order valence-corrected chi connectivity index (χ1v) is 8.40. The third-order valence-electron chi connectivity index (χ3n) is 3.42. The maximum Gasteiger partial charge on any atom is 0.199 e. The highest BCUT2D eigenvalue weighted by molar-refractivity contribution is 7.71. The second-order valence-electron chi connectivity index (χ2n) is 5.32. The molecule has 2 aromatic heterocycles. The topological polar surface area (TPSA) is 46.2 Å². The van der Waals surface area contributed by atoms with E-state index < -0.39 is 0 Å². The van der Waals surface area contributed by atoms with Gasteiger partial charge in [0.2, 0.25) is 0 Å². The summed E-state index contributed by atoms with van der Waals surface area (Å²) in [5.41, 5.74) is 0. The lowest BCUT2D eigenvalue weighted by molar-refractivity contribution is 0.239. The van der Waals surface area contributed by atoms with E-state index in [9.17, 15) is 5.11 Å². The Labute approximate surface area is 137 Å². The van der Waals surface area contributed by atoms with E-state index in [0.29, 0.717) is 23.3 Å². The molecule has 1 N–H and O–H groups in total. The number of aromatic nitrogens is 3. The van der Waals surface area contributed by atoms with Crippen LogP contribution in [0.4, 0.5) is 0 Å². The van der Waals surface area contributed by atoms with Crippen molar-refractivity contribution in [2.45, 2.75) is 38.7 Å². The Kier molecular flexibility index (Phi) is 4.46. The van der Waals surface area contributed by atoms with Crippen LogP contribution in [0.25, 0.3) is 0 Å². The zero-order chi connectivity index (χ0) is 15.0. The van der Waals surface area contributed by atoms with Crippen molar-refractivity contribution in [3.05, 3.63) is 31.9 Å². The van der Waals surface area contributed by atoms with Crippen LogP contribution in [0.15, 0.2) is 12.1 Å². The number of halogens is 1. The van der Waals surface area contributed by atoms with Gasteiger partial charge in [-0.15, -0.1) is 11.3 Å². The normalized spacial score (nSPS) is 15.0. The molecule has 2 heterocycles. The minimum Gasteiger partial charge on any atom is -0.388 e. The van der Waals surface area contributed by atoms with Crippen LogP contribution in [0.2, 0.25) is 4.34 Å². The molecule has 5 nitrogen and oxygen atoms in total. The number of nitrogens with zero attached hydrogens (tertiary/aromatic N) is 4. The molecule has 1 aliphatic carbocycles. The van der Waals surface area contributed by atoms with E-state index in [1.807, 2.05) is 23.7 Å². The molecule has 1 fully saturated rings. The Hall–Kier alpha value is -0.730. The average Bonchev–Trinajstić information content (AvgIpc) is 3.12. The van der Waals surface area contributed by atoms with Gasteiger partial charge in [0.25, 0.3) is 0 Å². The lowest BCUT2D eigenvalue weighted by Crippen LogP contribution is -2.22. The van der Waals surface area contributed by atoms with Crippen LogP contribution in [0.3, 0.4) is 0 Å². The molecule has 0 radical (unpaired) electrons. The molecular formula is C13H17ClN4OS2. The van der Waals surface area contributed by atoms with Crippen molar-refractivity contribution >= 4 is 35.2 Å². The molecule has 0 saturated heterocycles. The number of hydrogen-bond acceptors (Lipinski definition) is 5. The van der Waals surface area contributed by atoms with Crippen molar-refractivity contribution in [3.63, 3.8) is 0 Å². The van der Waals surface area contributed by atoms with Crippen molar-refractivity contribution in [3.8, 4) is 0 Å². The predicted octanol–water partition coefficient (Wildman–Crippen LogP) is 3.05. The maximum absolute atomic E-state index is 9.44. The molecule has 0 amide bonds. The molecule has 1 saturated carbocycles. The second kappa shape index (κ2) is 6.18. The number of hydrogen-bond donors (Lipinski definition) is 1. The molecule has 21 heavy (non-hydrogen) atoms. The summed E-state index contributed by atoms with van der Waals surface area (Å²) in [6.45, 7) is 1.32. The highest BCUT2D eigenvalue weighted by atomic mass is 35.5. The first-order chi connectivity index (χ1) is 10.1. The molecule has 0 spiro atoms. The zero-order valence-corrected chi connectivity index (χ0v) is 14.1. The molecule has 0 unspecified atom stereocenters. The standard InChI is InChI=1S/C13H17ClN4OS2/c1-16(6-10-4-5-11(14)21-10)8-17-13(20)18(9-2-3-9)12(7-19)15-17/h4-5,9,19H,2-3,6-8H2,1H3. The van der Waals surface area contributed by atoms with E-state index in [2.05, 4.69) is 10.00 Å². The van der Waals surface area contributed by atoms with Crippen molar-refractivity contribution in [1.29, 1.82) is 0 Å². The summed E-state index contributed by atoms with van der Waals surface area (Å²) in [6.07, 6.45) is 2.24. The summed E-state index contributed by atoms with van der Waals surface area (Å²) in [7, 11) is 2.02. The highest BCUT2D eigenvalue weighted by Gasteiger charge is 2.28. The van der Waals surface area contributed by atoms with Gasteiger partial charge >= 0.3 is 0 Å². The van der Waals surface area contributed by atoms with E-state index in [0.717, 1.165) is 23.7 Å². The summed E-state index contributed by atoms with van der Waals surface area (Å²) in [4.78, 5) is 3.33. The number of thiophene rings is 1. The second-order valence-corrected chi connectivity index (χ2v) is 7.48. The first kappa shape index (κ1) is 15.2. The molecule has 0 bridgehead atoms. The van der Waals surface area contributed by atoms with E-state index in [-0.39, 0.29) is 6.61 Å². The summed E-state index contributed by atoms with van der Waals surface area (Å²) in [5, 5.41) is 13.9. The van der Waals surface area contributed by atoms with E-state index in [1.165, 1.54) is 4.88 Å². The molecule has 0 atom stereocenters. The average molecular weight is 345 g/mol. The van der Waals surface area contributed by atoms with Gasteiger partial charge in [-0.25, -0.2) is 4.68 Å².